The lowest BCUT2D eigenvalue weighted by Crippen LogP contribution is -2.43. The molecule has 1 aromatic rings. The largest absolute Gasteiger partial charge is 0.481 e. The van der Waals surface area contributed by atoms with E-state index in [1.165, 1.54) is 11.3 Å². The molecule has 1 aromatic heterocycles. The molecule has 0 spiro atoms. The van der Waals surface area contributed by atoms with Crippen LogP contribution in [-0.4, -0.2) is 29.6 Å². The SMILES string of the molecule is CCC(CC)(CNC(=O)CC(NC(N)=O)c1cccs1)C(=O)O. The Labute approximate surface area is 139 Å². The van der Waals surface area contributed by atoms with Crippen LogP contribution in [0.25, 0.3) is 0 Å². The van der Waals surface area contributed by atoms with Crippen LogP contribution in [0.2, 0.25) is 0 Å². The van der Waals surface area contributed by atoms with Gasteiger partial charge in [-0.15, -0.1) is 11.3 Å². The molecule has 0 aromatic carbocycles. The molecule has 0 fully saturated rings. The Morgan fingerprint density at radius 3 is 2.43 bits per heavy atom. The first-order valence-corrected chi connectivity index (χ1v) is 8.32. The van der Waals surface area contributed by atoms with Crippen molar-refractivity contribution in [3.63, 3.8) is 0 Å². The number of hydrogen-bond donors (Lipinski definition) is 4. The molecule has 1 heterocycles. The maximum absolute atomic E-state index is 12.1. The van der Waals surface area contributed by atoms with E-state index in [2.05, 4.69) is 10.6 Å². The summed E-state index contributed by atoms with van der Waals surface area (Å²) < 4.78 is 0. The van der Waals surface area contributed by atoms with E-state index in [-0.39, 0.29) is 18.9 Å². The summed E-state index contributed by atoms with van der Waals surface area (Å²) in [6, 6.07) is 2.39. The summed E-state index contributed by atoms with van der Waals surface area (Å²) in [5.41, 5.74) is 4.18. The Morgan fingerprint density at radius 1 is 1.35 bits per heavy atom. The van der Waals surface area contributed by atoms with E-state index in [9.17, 15) is 19.5 Å². The fourth-order valence-corrected chi connectivity index (χ4v) is 3.07. The Morgan fingerprint density at radius 2 is 2.00 bits per heavy atom. The van der Waals surface area contributed by atoms with Crippen LogP contribution in [0, 0.1) is 5.41 Å². The minimum Gasteiger partial charge on any atom is -0.481 e. The number of primary amides is 1. The van der Waals surface area contributed by atoms with Gasteiger partial charge >= 0.3 is 12.0 Å². The van der Waals surface area contributed by atoms with Crippen LogP contribution in [0.4, 0.5) is 4.79 Å². The second-order valence-corrected chi connectivity index (χ2v) is 6.33. The van der Waals surface area contributed by atoms with Gasteiger partial charge in [0.15, 0.2) is 0 Å². The molecule has 1 rings (SSSR count). The molecule has 128 valence electrons. The first kappa shape index (κ1) is 19.0. The molecule has 0 radical (unpaired) electrons. The maximum Gasteiger partial charge on any atom is 0.312 e. The van der Waals surface area contributed by atoms with Crippen LogP contribution in [0.15, 0.2) is 17.5 Å². The van der Waals surface area contributed by atoms with Gasteiger partial charge in [-0.2, -0.15) is 0 Å². The standard InChI is InChI=1S/C15H23N3O4S/c1-3-15(4-2,13(20)21)9-17-12(19)8-10(18-14(16)22)11-6-5-7-23-11/h5-7,10H,3-4,8-9H2,1-2H3,(H,17,19)(H,20,21)(H3,16,18,22). The van der Waals surface area contributed by atoms with Crippen molar-refractivity contribution in [2.24, 2.45) is 11.1 Å². The summed E-state index contributed by atoms with van der Waals surface area (Å²) in [7, 11) is 0. The third-order valence-electron chi connectivity index (χ3n) is 4.02. The van der Waals surface area contributed by atoms with Crippen molar-refractivity contribution < 1.29 is 19.5 Å². The monoisotopic (exact) mass is 341 g/mol. The molecule has 7 nitrogen and oxygen atoms in total. The molecule has 0 bridgehead atoms. The molecule has 0 aliphatic heterocycles. The van der Waals surface area contributed by atoms with Crippen molar-refractivity contribution in [3.8, 4) is 0 Å². The topological polar surface area (TPSA) is 122 Å². The number of carboxylic acid groups (broad SMARTS) is 1. The number of amides is 3. The van der Waals surface area contributed by atoms with Gasteiger partial charge in [0.2, 0.25) is 5.91 Å². The molecule has 3 amide bonds. The van der Waals surface area contributed by atoms with Crippen molar-refractivity contribution in [3.05, 3.63) is 22.4 Å². The minimum atomic E-state index is -0.967. The Bertz CT molecular complexity index is 541. The second kappa shape index (κ2) is 8.52. The number of rotatable bonds is 9. The number of nitrogens with one attached hydrogen (secondary N) is 2. The van der Waals surface area contributed by atoms with E-state index in [1.807, 2.05) is 11.4 Å². The summed E-state index contributed by atoms with van der Waals surface area (Å²) in [6.07, 6.45) is 0.854. The number of urea groups is 1. The second-order valence-electron chi connectivity index (χ2n) is 5.35. The molecule has 5 N–H and O–H groups in total. The fraction of sp³-hybridized carbons (Fsp3) is 0.533. The van der Waals surface area contributed by atoms with Crippen molar-refractivity contribution in [1.82, 2.24) is 10.6 Å². The zero-order valence-electron chi connectivity index (χ0n) is 13.3. The Kier molecular flexibility index (Phi) is 7.02. The third kappa shape index (κ3) is 5.24. The molecule has 1 atom stereocenters. The summed E-state index contributed by atoms with van der Waals surface area (Å²) >= 11 is 1.41. The molecule has 0 saturated heterocycles. The van der Waals surface area contributed by atoms with Crippen LogP contribution in [0.1, 0.15) is 44.0 Å². The van der Waals surface area contributed by atoms with Crippen LogP contribution in [-0.2, 0) is 9.59 Å². The van der Waals surface area contributed by atoms with Crippen LogP contribution in [0.5, 0.6) is 0 Å². The zero-order valence-corrected chi connectivity index (χ0v) is 14.1. The first-order valence-electron chi connectivity index (χ1n) is 7.44. The lowest BCUT2D eigenvalue weighted by Gasteiger charge is -2.27. The lowest BCUT2D eigenvalue weighted by atomic mass is 9.82. The molecule has 0 aliphatic rings. The number of nitrogens with two attached hydrogens (primary N) is 1. The van der Waals surface area contributed by atoms with Crippen molar-refractivity contribution in [2.45, 2.75) is 39.2 Å². The van der Waals surface area contributed by atoms with Gasteiger partial charge in [0.1, 0.15) is 0 Å². The lowest BCUT2D eigenvalue weighted by molar-refractivity contribution is -0.149. The zero-order chi connectivity index (χ0) is 17.5. The molecule has 23 heavy (non-hydrogen) atoms. The van der Waals surface area contributed by atoms with Gasteiger partial charge in [0.25, 0.3) is 0 Å². The van der Waals surface area contributed by atoms with Crippen molar-refractivity contribution >= 4 is 29.2 Å². The summed E-state index contributed by atoms with van der Waals surface area (Å²) in [5.74, 6) is -1.25. The highest BCUT2D eigenvalue weighted by molar-refractivity contribution is 7.10. The van der Waals surface area contributed by atoms with E-state index in [0.717, 1.165) is 4.88 Å². The van der Waals surface area contributed by atoms with Gasteiger partial charge in [-0.3, -0.25) is 9.59 Å². The van der Waals surface area contributed by atoms with Gasteiger partial charge in [0.05, 0.1) is 17.9 Å². The highest BCUT2D eigenvalue weighted by Gasteiger charge is 2.35. The van der Waals surface area contributed by atoms with Gasteiger partial charge in [0, 0.05) is 11.4 Å². The van der Waals surface area contributed by atoms with Crippen molar-refractivity contribution in [1.29, 1.82) is 0 Å². The quantitative estimate of drug-likeness (QED) is 0.547. The highest BCUT2D eigenvalue weighted by Crippen LogP contribution is 2.26. The molecular formula is C15H23N3O4S. The van der Waals surface area contributed by atoms with E-state index in [0.29, 0.717) is 12.8 Å². The van der Waals surface area contributed by atoms with Crippen LogP contribution >= 0.6 is 11.3 Å². The number of aliphatic carboxylic acids is 1. The first-order chi connectivity index (χ1) is 10.8. The number of thiophene rings is 1. The van der Waals surface area contributed by atoms with E-state index >= 15 is 0 Å². The van der Waals surface area contributed by atoms with E-state index in [4.69, 9.17) is 5.73 Å². The third-order valence-corrected chi connectivity index (χ3v) is 5.01. The van der Waals surface area contributed by atoms with Gasteiger partial charge < -0.3 is 21.5 Å². The Balaban J connectivity index is 2.69. The minimum absolute atomic E-state index is 0.00653. The van der Waals surface area contributed by atoms with E-state index < -0.39 is 23.5 Å². The predicted molar refractivity (Wildman–Crippen MR) is 88.1 cm³/mol. The maximum atomic E-state index is 12.1. The van der Waals surface area contributed by atoms with Crippen LogP contribution in [0.3, 0.4) is 0 Å². The summed E-state index contributed by atoms with van der Waals surface area (Å²) in [4.78, 5) is 35.5. The smallest absolute Gasteiger partial charge is 0.312 e. The van der Waals surface area contributed by atoms with Gasteiger partial charge in [-0.25, -0.2) is 4.79 Å². The van der Waals surface area contributed by atoms with Crippen molar-refractivity contribution in [2.75, 3.05) is 6.54 Å². The molecule has 0 aliphatic carbocycles. The average molecular weight is 341 g/mol. The summed E-state index contributed by atoms with van der Waals surface area (Å²) in [5, 5.41) is 16.4. The number of carboxylic acids is 1. The Hall–Kier alpha value is -2.09. The number of carbonyl (C=O) groups is 3. The predicted octanol–water partition coefficient (Wildman–Crippen LogP) is 1.85. The highest BCUT2D eigenvalue weighted by atomic mass is 32.1. The molecular weight excluding hydrogens is 318 g/mol. The van der Waals surface area contributed by atoms with E-state index in [1.54, 1.807) is 19.9 Å². The fourth-order valence-electron chi connectivity index (χ4n) is 2.29. The normalized spacial score (nSPS) is 12.4. The van der Waals surface area contributed by atoms with Gasteiger partial charge in [-0.05, 0) is 24.3 Å². The molecule has 0 saturated carbocycles. The molecule has 1 unspecified atom stereocenters. The van der Waals surface area contributed by atoms with Gasteiger partial charge in [-0.1, -0.05) is 19.9 Å². The number of carbonyl (C=O) groups excluding carboxylic acids is 2. The average Bonchev–Trinajstić information content (AvgIpc) is 3.01. The molecule has 8 heteroatoms. The van der Waals surface area contributed by atoms with Crippen LogP contribution < -0.4 is 16.4 Å². The number of hydrogen-bond acceptors (Lipinski definition) is 4. The summed E-state index contributed by atoms with van der Waals surface area (Å²) in [6.45, 7) is 3.63.